The average molecular weight is 1730 g/mol. The van der Waals surface area contributed by atoms with Crippen LogP contribution < -0.4 is 30.1 Å². The Morgan fingerprint density at radius 3 is 1.93 bits per heavy atom. The van der Waals surface area contributed by atoms with Crippen molar-refractivity contribution in [2.24, 2.45) is 21.1 Å². The van der Waals surface area contributed by atoms with Crippen molar-refractivity contribution in [3.05, 3.63) is 371 Å². The van der Waals surface area contributed by atoms with E-state index in [0.717, 1.165) is 157 Å². The van der Waals surface area contributed by atoms with E-state index in [9.17, 15) is 0 Å². The van der Waals surface area contributed by atoms with Crippen molar-refractivity contribution in [3.8, 4) is 62.2 Å². The quantitative estimate of drug-likeness (QED) is 0.0998. The Morgan fingerprint density at radius 1 is 0.466 bits per heavy atom. The summed E-state index contributed by atoms with van der Waals surface area (Å²) >= 11 is 0. The van der Waals surface area contributed by atoms with Gasteiger partial charge in [0.1, 0.15) is 17.2 Å². The first-order valence-corrected chi connectivity index (χ1v) is 39.3. The first kappa shape index (κ1) is 76.0. The Bertz CT molecular complexity index is 7220. The molecule has 0 atom stereocenters. The van der Waals surface area contributed by atoms with Crippen LogP contribution in [0.25, 0.3) is 128 Å². The molecule has 12 aromatic carbocycles. The van der Waals surface area contributed by atoms with E-state index in [1.807, 2.05) is 155 Å². The molecule has 0 bridgehead atoms. The van der Waals surface area contributed by atoms with Gasteiger partial charge < -0.3 is 51.0 Å². The Labute approximate surface area is 719 Å². The molecule has 2 aliphatic rings. The summed E-state index contributed by atoms with van der Waals surface area (Å²) in [7, 11) is 6.61. The van der Waals surface area contributed by atoms with E-state index in [4.69, 9.17) is 23.8 Å². The van der Waals surface area contributed by atoms with Crippen molar-refractivity contribution in [1.29, 1.82) is 0 Å². The maximum absolute atomic E-state index is 6.89. The van der Waals surface area contributed by atoms with Crippen molar-refractivity contribution in [2.45, 2.75) is 0 Å². The molecule has 4 radical (unpaired) electrons. The van der Waals surface area contributed by atoms with Gasteiger partial charge in [-0.15, -0.1) is 107 Å². The summed E-state index contributed by atoms with van der Waals surface area (Å²) in [6.07, 6.45) is 14.5. The van der Waals surface area contributed by atoms with Crippen LogP contribution in [0.1, 0.15) is 0 Å². The average Bonchev–Trinajstić information content (AvgIpc) is 1.19. The molecule has 0 amide bonds. The van der Waals surface area contributed by atoms with Crippen LogP contribution in [0.4, 0.5) is 51.5 Å². The minimum Gasteiger partial charge on any atom is -0.479 e. The molecule has 23 rings (SSSR count). The number of nitrogens with one attached hydrogen (secondary N) is 1. The summed E-state index contributed by atoms with van der Waals surface area (Å²) in [6, 6.07) is 123. The number of para-hydroxylation sites is 6. The second-order valence-corrected chi connectivity index (χ2v) is 30.7. The molecular formula is C99H66AgCu2N13O2Si-8. The standard InChI is InChI=1S/C46H34N7OSi.C29H17N2.C24H15N4O.Ag.2Cu/c1-49-27-26-33-34(29-50(2)45(33)49)30-22-24-39-41(28-30)52(40-21-13-12-20-38(40)51(39)3)46-48-43-42(54-46)25-23-36-44(43)53(37-19-11-10-18-35(37)47-36)55(31-14-6-4-7-15-31)32-16-8-5-9-17-32;1-3-10-21(11-4-1)23-18-19-25-24-14-7-8-16-27(24)31(28(25)20-23)29-17-9-15-26(30-29)22-12-5-2-6-13-22;1-26-16-20(19-9-2-3-10-21(19)26)24-25-23-22(29-24)11-14-28(23)18-8-6-7-17(15-18)27-12-4-5-13-27;;;/h4-25,27,29,47H,1-3H3;1-10,12,14-19H;2-12,14H,1H3;;;/q-2;2*-3;;;. The molecule has 15 nitrogen and oxygen atoms in total. The summed E-state index contributed by atoms with van der Waals surface area (Å²) < 4.78 is 27.8. The van der Waals surface area contributed by atoms with Crippen molar-refractivity contribution >= 4 is 137 Å². The number of pyridine rings is 1. The molecule has 11 heterocycles. The monoisotopic (exact) mass is 1730 g/mol. The number of hydrogen-bond acceptors (Lipinski definition) is 9. The first-order chi connectivity index (χ1) is 56.7. The van der Waals surface area contributed by atoms with Gasteiger partial charge in [0.15, 0.2) is 16.8 Å². The maximum atomic E-state index is 6.89. The van der Waals surface area contributed by atoms with Crippen molar-refractivity contribution in [2.75, 3.05) is 26.7 Å². The zero-order valence-electron chi connectivity index (χ0n) is 63.7. The summed E-state index contributed by atoms with van der Waals surface area (Å²) in [5.41, 5.74) is 24.0. The number of anilines is 9. The molecule has 0 spiro atoms. The van der Waals surface area contributed by atoms with Crippen LogP contribution in [0.15, 0.2) is 331 Å². The van der Waals surface area contributed by atoms with Crippen molar-refractivity contribution < 1.29 is 65.4 Å². The normalized spacial score (nSPS) is 12.0. The molecule has 21 aromatic rings. The van der Waals surface area contributed by atoms with Crippen molar-refractivity contribution in [3.63, 3.8) is 0 Å². The third-order valence-corrected chi connectivity index (χ3v) is 24.1. The third-order valence-electron chi connectivity index (χ3n) is 21.4. The molecule has 2 aliphatic heterocycles. The van der Waals surface area contributed by atoms with Crippen LogP contribution in [-0.2, 0) is 77.7 Å². The van der Waals surface area contributed by atoms with Gasteiger partial charge in [0, 0.05) is 87.0 Å². The molecule has 0 fully saturated rings. The van der Waals surface area contributed by atoms with Gasteiger partial charge in [-0.1, -0.05) is 180 Å². The fourth-order valence-electron chi connectivity index (χ4n) is 16.2. The Morgan fingerprint density at radius 2 is 1.16 bits per heavy atom. The van der Waals surface area contributed by atoms with Gasteiger partial charge in [-0.2, -0.15) is 77.4 Å². The van der Waals surface area contributed by atoms with E-state index >= 15 is 0 Å². The molecule has 0 aliphatic carbocycles. The third kappa shape index (κ3) is 13.3. The number of benzene rings is 12. The zero-order valence-corrected chi connectivity index (χ0v) is 68.1. The van der Waals surface area contributed by atoms with Crippen LogP contribution in [-0.4, -0.2) is 58.4 Å². The van der Waals surface area contributed by atoms with Gasteiger partial charge in [-0.25, -0.2) is 16.1 Å². The molecule has 19 heteroatoms. The van der Waals surface area contributed by atoms with E-state index in [1.54, 1.807) is 0 Å². The van der Waals surface area contributed by atoms with Crippen molar-refractivity contribution in [1.82, 2.24) is 42.4 Å². The minimum atomic E-state index is -1.60. The Kier molecular flexibility index (Phi) is 20.4. The van der Waals surface area contributed by atoms with E-state index in [1.165, 1.54) is 15.8 Å². The fraction of sp³-hybridized carbons (Fsp3) is 0.0404. The SMILES string of the molecule is CN1c2ccc(-c3cn(C)c4c3[c-]cn4C)[c-]c2N(c2nc3c4c(ccc3o2)Nc2ccccc2N4[Si](c2ccccc2)c2ccccc2)c2ccccc21.Cn1[c-]c(-c2nc3c(ccn3-c3[c-]c(-n4[c-]ccc4)ccc3)o2)c2ccccc21.[Ag].[Cu].[Cu].[c-]1ccccc1-c1[c-]c2c(cc1)c1ccccc1n2-c1cccc(-c2[c-]cccc2)n1. The van der Waals surface area contributed by atoms with Crippen LogP contribution in [0.3, 0.4) is 0 Å². The van der Waals surface area contributed by atoms with Crippen LogP contribution in [0, 0.1) is 48.8 Å². The van der Waals surface area contributed by atoms with Gasteiger partial charge >= 0.3 is 6.01 Å². The zero-order chi connectivity index (χ0) is 76.8. The number of aryl methyl sites for hydroxylation is 3. The number of nitrogens with zero attached hydrogens (tertiary/aromatic N) is 12. The number of oxazole rings is 2. The fourth-order valence-corrected chi connectivity index (χ4v) is 18.9. The molecule has 118 heavy (non-hydrogen) atoms. The predicted octanol–water partition coefficient (Wildman–Crippen LogP) is 21.4. The molecule has 0 saturated heterocycles. The van der Waals surface area contributed by atoms with Crippen LogP contribution >= 0.6 is 0 Å². The molecular weight excluding hydrogens is 1670 g/mol. The second kappa shape index (κ2) is 31.7. The number of hydrogen-bond donors (Lipinski definition) is 1. The second-order valence-electron chi connectivity index (χ2n) is 28.4. The minimum absolute atomic E-state index is 0. The Hall–Kier alpha value is -13.4. The Balaban J connectivity index is 0.000000130. The summed E-state index contributed by atoms with van der Waals surface area (Å²) in [5.74, 6) is 1.43. The molecule has 584 valence electrons. The number of rotatable bonds is 11. The largest absolute Gasteiger partial charge is 0.479 e. The van der Waals surface area contributed by atoms with Gasteiger partial charge in [-0.3, -0.25) is 9.88 Å². The molecule has 9 aromatic heterocycles. The summed E-state index contributed by atoms with van der Waals surface area (Å²) in [6.45, 7) is 0. The maximum Gasteiger partial charge on any atom is 0.306 e. The summed E-state index contributed by atoms with van der Waals surface area (Å²) in [5, 5.41) is 10.8. The van der Waals surface area contributed by atoms with E-state index in [2.05, 4.69) is 292 Å². The smallest absolute Gasteiger partial charge is 0.306 e. The molecule has 0 unspecified atom stereocenters. The summed E-state index contributed by atoms with van der Waals surface area (Å²) in [4.78, 5) is 19.6. The number of fused-ring (bicyclic) bond motifs is 12. The van der Waals surface area contributed by atoms with Gasteiger partial charge in [0.2, 0.25) is 8.96 Å². The number of aromatic nitrogens is 9. The van der Waals surface area contributed by atoms with Crippen LogP contribution in [0.2, 0.25) is 0 Å². The van der Waals surface area contributed by atoms with Gasteiger partial charge in [-0.05, 0) is 114 Å². The van der Waals surface area contributed by atoms with E-state index in [-0.39, 0.29) is 56.5 Å². The van der Waals surface area contributed by atoms with Gasteiger partial charge in [0.05, 0.1) is 34.1 Å². The molecule has 1 N–H and O–H groups in total. The van der Waals surface area contributed by atoms with E-state index in [0.29, 0.717) is 17.5 Å². The van der Waals surface area contributed by atoms with Crippen LogP contribution in [0.5, 0.6) is 0 Å². The first-order valence-electron chi connectivity index (χ1n) is 37.9. The van der Waals surface area contributed by atoms with E-state index < -0.39 is 8.96 Å². The molecule has 0 saturated carbocycles. The van der Waals surface area contributed by atoms with Gasteiger partial charge in [0.25, 0.3) is 0 Å². The topological polar surface area (TPSA) is 116 Å². The predicted molar refractivity (Wildman–Crippen MR) is 462 cm³/mol.